The summed E-state index contributed by atoms with van der Waals surface area (Å²) in [4.78, 5) is 13.0. The lowest BCUT2D eigenvalue weighted by atomic mass is 9.90. The number of nitrogens with one attached hydrogen (secondary N) is 1. The minimum atomic E-state index is -0.306. The fourth-order valence-electron chi connectivity index (χ4n) is 3.03. The molecular weight excluding hydrogens is 266 g/mol. The van der Waals surface area contributed by atoms with E-state index in [9.17, 15) is 10.1 Å². The Kier molecular flexibility index (Phi) is 5.31. The Morgan fingerprint density at radius 3 is 2.71 bits per heavy atom. The van der Waals surface area contributed by atoms with Crippen molar-refractivity contribution in [3.63, 3.8) is 0 Å². The molecule has 1 aromatic rings. The molecule has 21 heavy (non-hydrogen) atoms. The molecule has 1 aromatic carbocycles. The van der Waals surface area contributed by atoms with Crippen LogP contribution in [0.2, 0.25) is 0 Å². The van der Waals surface area contributed by atoms with Crippen molar-refractivity contribution in [3.05, 3.63) is 39.4 Å². The van der Waals surface area contributed by atoms with Gasteiger partial charge in [-0.25, -0.2) is 0 Å². The summed E-state index contributed by atoms with van der Waals surface area (Å²) >= 11 is 0. The molecule has 5 heteroatoms. The van der Waals surface area contributed by atoms with Crippen molar-refractivity contribution in [2.75, 3.05) is 20.1 Å². The second-order valence-electron chi connectivity index (χ2n) is 6.13. The molecule has 1 aliphatic heterocycles. The molecule has 1 N–H and O–H groups in total. The van der Waals surface area contributed by atoms with Crippen LogP contribution in [0, 0.1) is 23.0 Å². The monoisotopic (exact) mass is 291 g/mol. The third-order valence-corrected chi connectivity index (χ3v) is 4.70. The summed E-state index contributed by atoms with van der Waals surface area (Å²) in [5, 5.41) is 14.5. The average molecular weight is 291 g/mol. The number of hydrogen-bond donors (Lipinski definition) is 1. The van der Waals surface area contributed by atoms with Crippen molar-refractivity contribution in [1.29, 1.82) is 0 Å². The molecule has 0 saturated carbocycles. The summed E-state index contributed by atoms with van der Waals surface area (Å²) < 4.78 is 0. The largest absolute Gasteiger partial charge is 0.310 e. The zero-order valence-corrected chi connectivity index (χ0v) is 13.1. The lowest BCUT2D eigenvalue weighted by Crippen LogP contribution is -2.40. The van der Waals surface area contributed by atoms with E-state index >= 15 is 0 Å². The molecule has 1 fully saturated rings. The molecule has 1 unspecified atom stereocenters. The maximum absolute atomic E-state index is 11.0. The summed E-state index contributed by atoms with van der Waals surface area (Å²) in [6, 6.07) is 5.75. The molecule has 2 rings (SSSR count). The van der Waals surface area contributed by atoms with Crippen LogP contribution >= 0.6 is 0 Å². The van der Waals surface area contributed by atoms with E-state index in [0.717, 1.165) is 24.2 Å². The van der Waals surface area contributed by atoms with Crippen LogP contribution in [0.4, 0.5) is 5.69 Å². The Balaban J connectivity index is 1.94. The van der Waals surface area contributed by atoms with Gasteiger partial charge in [0.25, 0.3) is 5.69 Å². The van der Waals surface area contributed by atoms with E-state index in [2.05, 4.69) is 24.2 Å². The predicted octanol–water partition coefficient (Wildman–Crippen LogP) is 2.72. The molecule has 1 saturated heterocycles. The van der Waals surface area contributed by atoms with E-state index in [-0.39, 0.29) is 10.6 Å². The Labute approximate surface area is 126 Å². The Bertz CT molecular complexity index is 496. The number of hydrogen-bond acceptors (Lipinski definition) is 4. The van der Waals surface area contributed by atoms with E-state index < -0.39 is 0 Å². The van der Waals surface area contributed by atoms with Gasteiger partial charge in [-0.2, -0.15) is 0 Å². The fourth-order valence-corrected chi connectivity index (χ4v) is 3.03. The van der Waals surface area contributed by atoms with Crippen LogP contribution in [0.1, 0.15) is 30.9 Å². The number of likely N-dealkylation sites (tertiary alicyclic amines) is 1. The predicted molar refractivity (Wildman–Crippen MR) is 84.4 cm³/mol. The van der Waals surface area contributed by atoms with Crippen molar-refractivity contribution in [1.82, 2.24) is 10.2 Å². The average Bonchev–Trinajstić information content (AvgIpc) is 2.46. The first kappa shape index (κ1) is 15.9. The normalized spacial score (nSPS) is 18.6. The maximum Gasteiger partial charge on any atom is 0.272 e. The third kappa shape index (κ3) is 4.02. The van der Waals surface area contributed by atoms with Crippen LogP contribution in [-0.2, 0) is 6.54 Å². The highest BCUT2D eigenvalue weighted by Crippen LogP contribution is 2.23. The minimum absolute atomic E-state index is 0.209. The maximum atomic E-state index is 11.0. The first-order chi connectivity index (χ1) is 9.99. The SMILES string of the molecule is Cc1c(CNC(C)C2CCN(C)CC2)cccc1[N+](=O)[O-]. The summed E-state index contributed by atoms with van der Waals surface area (Å²) in [5.41, 5.74) is 2.00. The van der Waals surface area contributed by atoms with Gasteiger partial charge in [-0.1, -0.05) is 12.1 Å². The standard InChI is InChI=1S/C16H25N3O2/c1-12-15(5-4-6-16(12)19(20)21)11-17-13(2)14-7-9-18(3)10-8-14/h4-6,13-14,17H,7-11H2,1-3H3. The van der Waals surface area contributed by atoms with Gasteiger partial charge in [0.1, 0.15) is 0 Å². The van der Waals surface area contributed by atoms with Gasteiger partial charge in [-0.3, -0.25) is 10.1 Å². The van der Waals surface area contributed by atoms with Crippen LogP contribution in [0.25, 0.3) is 0 Å². The number of nitro groups is 1. The van der Waals surface area contributed by atoms with Gasteiger partial charge in [-0.05, 0) is 58.3 Å². The molecule has 5 nitrogen and oxygen atoms in total. The molecule has 116 valence electrons. The number of benzene rings is 1. The number of nitro benzene ring substituents is 1. The summed E-state index contributed by atoms with van der Waals surface area (Å²) in [6.07, 6.45) is 2.44. The Morgan fingerprint density at radius 1 is 1.43 bits per heavy atom. The van der Waals surface area contributed by atoms with E-state index in [1.54, 1.807) is 12.1 Å². The van der Waals surface area contributed by atoms with Gasteiger partial charge < -0.3 is 10.2 Å². The molecule has 0 amide bonds. The molecular formula is C16H25N3O2. The zero-order chi connectivity index (χ0) is 15.4. The van der Waals surface area contributed by atoms with E-state index in [1.807, 2.05) is 13.0 Å². The van der Waals surface area contributed by atoms with Crippen molar-refractivity contribution >= 4 is 5.69 Å². The van der Waals surface area contributed by atoms with E-state index in [0.29, 0.717) is 18.5 Å². The van der Waals surface area contributed by atoms with Gasteiger partial charge in [0.15, 0.2) is 0 Å². The molecule has 1 heterocycles. The molecule has 0 aliphatic carbocycles. The van der Waals surface area contributed by atoms with E-state index in [4.69, 9.17) is 0 Å². The number of rotatable bonds is 5. The van der Waals surface area contributed by atoms with Crippen molar-refractivity contribution < 1.29 is 4.92 Å². The first-order valence-corrected chi connectivity index (χ1v) is 7.64. The van der Waals surface area contributed by atoms with Gasteiger partial charge in [0.05, 0.1) is 4.92 Å². The number of piperidine rings is 1. The fraction of sp³-hybridized carbons (Fsp3) is 0.625. The molecule has 1 aliphatic rings. The molecule has 0 radical (unpaired) electrons. The highest BCUT2D eigenvalue weighted by atomic mass is 16.6. The van der Waals surface area contributed by atoms with Crippen molar-refractivity contribution in [2.45, 2.75) is 39.3 Å². The lowest BCUT2D eigenvalue weighted by molar-refractivity contribution is -0.385. The topological polar surface area (TPSA) is 58.4 Å². The molecule has 1 atom stereocenters. The first-order valence-electron chi connectivity index (χ1n) is 7.64. The van der Waals surface area contributed by atoms with Crippen LogP contribution in [0.15, 0.2) is 18.2 Å². The summed E-state index contributed by atoms with van der Waals surface area (Å²) in [7, 11) is 2.17. The van der Waals surface area contributed by atoms with Crippen LogP contribution in [0.5, 0.6) is 0 Å². The molecule has 0 bridgehead atoms. The van der Waals surface area contributed by atoms with E-state index in [1.165, 1.54) is 12.8 Å². The number of nitrogens with zero attached hydrogens (tertiary/aromatic N) is 2. The highest BCUT2D eigenvalue weighted by molar-refractivity contribution is 5.44. The smallest absolute Gasteiger partial charge is 0.272 e. The molecule has 0 aromatic heterocycles. The lowest BCUT2D eigenvalue weighted by Gasteiger charge is -2.33. The quantitative estimate of drug-likeness (QED) is 0.669. The Morgan fingerprint density at radius 2 is 2.10 bits per heavy atom. The molecule has 0 spiro atoms. The third-order valence-electron chi connectivity index (χ3n) is 4.70. The second kappa shape index (κ2) is 7.00. The zero-order valence-electron chi connectivity index (χ0n) is 13.1. The van der Waals surface area contributed by atoms with Gasteiger partial charge in [0.2, 0.25) is 0 Å². The Hall–Kier alpha value is -1.46. The highest BCUT2D eigenvalue weighted by Gasteiger charge is 2.22. The van der Waals surface area contributed by atoms with Crippen LogP contribution < -0.4 is 5.32 Å². The van der Waals surface area contributed by atoms with Gasteiger partial charge in [-0.15, -0.1) is 0 Å². The second-order valence-corrected chi connectivity index (χ2v) is 6.13. The summed E-state index contributed by atoms with van der Waals surface area (Å²) in [5.74, 6) is 0.695. The minimum Gasteiger partial charge on any atom is -0.310 e. The van der Waals surface area contributed by atoms with Crippen molar-refractivity contribution in [2.24, 2.45) is 5.92 Å². The summed E-state index contributed by atoms with van der Waals surface area (Å²) in [6.45, 7) is 7.07. The van der Waals surface area contributed by atoms with Crippen LogP contribution in [0.3, 0.4) is 0 Å². The van der Waals surface area contributed by atoms with Gasteiger partial charge in [0, 0.05) is 24.2 Å². The van der Waals surface area contributed by atoms with Crippen molar-refractivity contribution in [3.8, 4) is 0 Å². The van der Waals surface area contributed by atoms with Gasteiger partial charge >= 0.3 is 0 Å². The van der Waals surface area contributed by atoms with Crippen LogP contribution in [-0.4, -0.2) is 36.0 Å².